The number of rotatable bonds is 5. The first-order valence-corrected chi connectivity index (χ1v) is 8.17. The van der Waals surface area contributed by atoms with E-state index < -0.39 is 10.0 Å². The number of nitrogen functional groups attached to an aromatic ring is 1. The maximum atomic E-state index is 12.6. The second kappa shape index (κ2) is 6.09. The molecule has 0 aliphatic carbocycles. The minimum Gasteiger partial charge on any atom is -0.398 e. The summed E-state index contributed by atoms with van der Waals surface area (Å²) in [6.07, 6.45) is 4.19. The van der Waals surface area contributed by atoms with Crippen LogP contribution >= 0.6 is 0 Å². The molecule has 0 bridgehead atoms. The summed E-state index contributed by atoms with van der Waals surface area (Å²) < 4.78 is 27.5. The highest BCUT2D eigenvalue weighted by Crippen LogP contribution is 2.26. The number of aryl methyl sites for hydroxylation is 1. The van der Waals surface area contributed by atoms with Gasteiger partial charge < -0.3 is 5.73 Å². The van der Waals surface area contributed by atoms with Crippen molar-refractivity contribution >= 4 is 21.7 Å². The van der Waals surface area contributed by atoms with Gasteiger partial charge in [0.15, 0.2) is 0 Å². The highest BCUT2D eigenvalue weighted by atomic mass is 32.2. The molecule has 0 saturated carbocycles. The van der Waals surface area contributed by atoms with Crippen molar-refractivity contribution in [2.75, 3.05) is 10.5 Å². The lowest BCUT2D eigenvalue weighted by Crippen LogP contribution is -2.17. The van der Waals surface area contributed by atoms with Crippen molar-refractivity contribution in [3.8, 4) is 0 Å². The predicted octanol–water partition coefficient (Wildman–Crippen LogP) is 1.98. The van der Waals surface area contributed by atoms with E-state index in [2.05, 4.69) is 14.7 Å². The lowest BCUT2D eigenvalue weighted by atomic mass is 10.1. The highest BCUT2D eigenvalue weighted by molar-refractivity contribution is 7.92. The lowest BCUT2D eigenvalue weighted by molar-refractivity contribution is 0.599. The summed E-state index contributed by atoms with van der Waals surface area (Å²) in [4.78, 5) is 7.94. The predicted molar refractivity (Wildman–Crippen MR) is 82.5 cm³/mol. The second-order valence-electron chi connectivity index (χ2n) is 4.55. The van der Waals surface area contributed by atoms with Gasteiger partial charge in [-0.25, -0.2) is 23.1 Å². The van der Waals surface area contributed by atoms with E-state index in [1.54, 1.807) is 12.1 Å². The van der Waals surface area contributed by atoms with Crippen LogP contribution in [0.5, 0.6) is 0 Å². The van der Waals surface area contributed by atoms with Crippen LogP contribution in [0.3, 0.4) is 0 Å². The van der Waals surface area contributed by atoms with Crippen LogP contribution in [-0.2, 0) is 22.9 Å². The summed E-state index contributed by atoms with van der Waals surface area (Å²) in [7, 11) is -3.77. The summed E-state index contributed by atoms with van der Waals surface area (Å²) in [5, 5.41) is 0. The number of anilines is 2. The monoisotopic (exact) mass is 306 g/mol. The normalized spacial score (nSPS) is 11.3. The molecule has 1 aromatic carbocycles. The van der Waals surface area contributed by atoms with E-state index >= 15 is 0 Å². The van der Waals surface area contributed by atoms with Gasteiger partial charge in [-0.2, -0.15) is 0 Å². The number of nitrogens with zero attached hydrogens (tertiary/aromatic N) is 2. The topological polar surface area (TPSA) is 98.0 Å². The molecular formula is C14H18N4O2S. The molecule has 0 amide bonds. The quantitative estimate of drug-likeness (QED) is 0.823. The van der Waals surface area contributed by atoms with Crippen LogP contribution in [0.15, 0.2) is 35.5 Å². The third-order valence-corrected chi connectivity index (χ3v) is 4.54. The van der Waals surface area contributed by atoms with E-state index in [1.165, 1.54) is 12.4 Å². The second-order valence-corrected chi connectivity index (χ2v) is 6.20. The van der Waals surface area contributed by atoms with Crippen LogP contribution in [0.4, 0.5) is 11.6 Å². The van der Waals surface area contributed by atoms with Gasteiger partial charge in [-0.1, -0.05) is 13.8 Å². The highest BCUT2D eigenvalue weighted by Gasteiger charge is 2.21. The van der Waals surface area contributed by atoms with Gasteiger partial charge in [-0.3, -0.25) is 0 Å². The van der Waals surface area contributed by atoms with Gasteiger partial charge in [0.25, 0.3) is 10.0 Å². The molecule has 6 nitrogen and oxygen atoms in total. The van der Waals surface area contributed by atoms with Gasteiger partial charge in [0.05, 0.1) is 4.90 Å². The SMILES string of the molecule is CCc1cc(N)c(CC)c(S(=O)(=O)Nc2ncccn2)c1. The number of nitrogens with one attached hydrogen (secondary N) is 1. The van der Waals surface area contributed by atoms with Crippen LogP contribution in [0.25, 0.3) is 0 Å². The van der Waals surface area contributed by atoms with Crippen molar-refractivity contribution in [3.63, 3.8) is 0 Å². The Labute approximate surface area is 124 Å². The average Bonchev–Trinajstić information content (AvgIpc) is 2.47. The fourth-order valence-corrected chi connectivity index (χ4v) is 3.42. The zero-order valence-electron chi connectivity index (χ0n) is 12.0. The van der Waals surface area contributed by atoms with E-state index in [1.807, 2.05) is 19.9 Å². The number of hydrogen-bond donors (Lipinski definition) is 2. The fourth-order valence-electron chi connectivity index (χ4n) is 2.08. The summed E-state index contributed by atoms with van der Waals surface area (Å²) in [5.74, 6) is 0.0417. The van der Waals surface area contributed by atoms with Crippen molar-refractivity contribution in [1.82, 2.24) is 9.97 Å². The van der Waals surface area contributed by atoms with Gasteiger partial charge in [0.2, 0.25) is 5.95 Å². The van der Waals surface area contributed by atoms with E-state index in [4.69, 9.17) is 5.73 Å². The van der Waals surface area contributed by atoms with Gasteiger partial charge >= 0.3 is 0 Å². The third kappa shape index (κ3) is 3.30. The first kappa shape index (κ1) is 15.2. The zero-order valence-corrected chi connectivity index (χ0v) is 12.8. The molecule has 1 heterocycles. The minimum atomic E-state index is -3.77. The Morgan fingerprint density at radius 3 is 2.38 bits per heavy atom. The minimum absolute atomic E-state index is 0.0417. The van der Waals surface area contributed by atoms with Crippen molar-refractivity contribution < 1.29 is 8.42 Å². The van der Waals surface area contributed by atoms with Crippen LogP contribution in [0.1, 0.15) is 25.0 Å². The Morgan fingerprint density at radius 2 is 1.81 bits per heavy atom. The number of hydrogen-bond acceptors (Lipinski definition) is 5. The van der Waals surface area contributed by atoms with Gasteiger partial charge in [0.1, 0.15) is 0 Å². The van der Waals surface area contributed by atoms with Crippen LogP contribution in [0, 0.1) is 0 Å². The van der Waals surface area contributed by atoms with Gasteiger partial charge in [0, 0.05) is 18.1 Å². The van der Waals surface area contributed by atoms with Crippen LogP contribution in [0.2, 0.25) is 0 Å². The number of sulfonamides is 1. The Bertz CT molecular complexity index is 730. The molecule has 0 saturated heterocycles. The van der Waals surface area contributed by atoms with Gasteiger partial charge in [-0.05, 0) is 42.2 Å². The molecule has 2 aromatic rings. The van der Waals surface area contributed by atoms with Crippen molar-refractivity contribution in [1.29, 1.82) is 0 Å². The summed E-state index contributed by atoms with van der Waals surface area (Å²) in [6.45, 7) is 3.82. The Kier molecular flexibility index (Phi) is 4.42. The van der Waals surface area contributed by atoms with E-state index in [9.17, 15) is 8.42 Å². The molecule has 0 fully saturated rings. The van der Waals surface area contributed by atoms with Gasteiger partial charge in [-0.15, -0.1) is 0 Å². The van der Waals surface area contributed by atoms with Crippen molar-refractivity contribution in [2.45, 2.75) is 31.6 Å². The standard InChI is InChI=1S/C14H18N4O2S/c1-3-10-8-12(15)11(4-2)13(9-10)21(19,20)18-14-16-6-5-7-17-14/h5-9H,3-4,15H2,1-2H3,(H,16,17,18). The number of nitrogens with two attached hydrogens (primary N) is 1. The van der Waals surface area contributed by atoms with E-state index in [0.717, 1.165) is 5.56 Å². The first-order valence-electron chi connectivity index (χ1n) is 6.69. The third-order valence-electron chi connectivity index (χ3n) is 3.15. The smallest absolute Gasteiger partial charge is 0.264 e. The molecule has 0 atom stereocenters. The summed E-state index contributed by atoms with van der Waals surface area (Å²) >= 11 is 0. The largest absolute Gasteiger partial charge is 0.398 e. The Balaban J connectivity index is 2.51. The van der Waals surface area contributed by atoms with Crippen molar-refractivity contribution in [3.05, 3.63) is 41.7 Å². The zero-order chi connectivity index (χ0) is 15.5. The Hall–Kier alpha value is -2.15. The molecule has 0 radical (unpaired) electrons. The molecular weight excluding hydrogens is 288 g/mol. The number of aromatic nitrogens is 2. The molecule has 0 aliphatic rings. The maximum Gasteiger partial charge on any atom is 0.264 e. The number of benzene rings is 1. The summed E-state index contributed by atoms with van der Waals surface area (Å²) in [6, 6.07) is 5.09. The molecule has 0 aliphatic heterocycles. The fraction of sp³-hybridized carbons (Fsp3) is 0.286. The average molecular weight is 306 g/mol. The van der Waals surface area contributed by atoms with E-state index in [0.29, 0.717) is 24.1 Å². The van der Waals surface area contributed by atoms with E-state index in [-0.39, 0.29) is 10.8 Å². The molecule has 0 spiro atoms. The molecule has 7 heteroatoms. The molecule has 2 rings (SSSR count). The van der Waals surface area contributed by atoms with Crippen LogP contribution in [-0.4, -0.2) is 18.4 Å². The maximum absolute atomic E-state index is 12.6. The molecule has 21 heavy (non-hydrogen) atoms. The first-order chi connectivity index (χ1) is 9.97. The van der Waals surface area contributed by atoms with Crippen LogP contribution < -0.4 is 10.5 Å². The Morgan fingerprint density at radius 1 is 1.14 bits per heavy atom. The van der Waals surface area contributed by atoms with Crippen molar-refractivity contribution in [2.24, 2.45) is 0 Å². The molecule has 1 aromatic heterocycles. The molecule has 3 N–H and O–H groups in total. The summed E-state index contributed by atoms with van der Waals surface area (Å²) in [5.41, 5.74) is 7.95. The molecule has 112 valence electrons. The molecule has 0 unspecified atom stereocenters. The lowest BCUT2D eigenvalue weighted by Gasteiger charge is -2.14.